The Morgan fingerprint density at radius 2 is 1.78 bits per heavy atom. The van der Waals surface area contributed by atoms with Crippen LogP contribution in [-0.4, -0.2) is 5.78 Å². The maximum atomic E-state index is 11.6. The van der Waals surface area contributed by atoms with Crippen LogP contribution in [0.5, 0.6) is 0 Å². The molecule has 0 spiro atoms. The molecular weight excluding hydrogens is 267 g/mol. The topological polar surface area (TPSA) is 17.1 Å². The van der Waals surface area contributed by atoms with Gasteiger partial charge in [-0.1, -0.05) is 55.5 Å². The van der Waals surface area contributed by atoms with Crippen molar-refractivity contribution in [2.24, 2.45) is 0 Å². The fourth-order valence-corrected chi connectivity index (χ4v) is 2.21. The first-order chi connectivity index (χ1) is 8.61. The smallest absolute Gasteiger partial charge is 0.155 e. The highest BCUT2D eigenvalue weighted by molar-refractivity contribution is 6.34. The summed E-state index contributed by atoms with van der Waals surface area (Å²) in [6.45, 7) is 2.16. The number of benzene rings is 1. The molecule has 0 bridgehead atoms. The molecule has 0 unspecified atom stereocenters. The van der Waals surface area contributed by atoms with Crippen LogP contribution < -0.4 is 0 Å². The Kier molecular flexibility index (Phi) is 7.07. The zero-order chi connectivity index (χ0) is 13.4. The van der Waals surface area contributed by atoms with Crippen LogP contribution in [0, 0.1) is 0 Å². The van der Waals surface area contributed by atoms with E-state index >= 15 is 0 Å². The van der Waals surface area contributed by atoms with E-state index in [2.05, 4.69) is 6.92 Å². The average Bonchev–Trinajstić information content (AvgIpc) is 2.31. The molecule has 0 N–H and O–H groups in total. The second-order valence-electron chi connectivity index (χ2n) is 4.31. The Labute approximate surface area is 119 Å². The van der Waals surface area contributed by atoms with Crippen LogP contribution in [-0.2, 0) is 4.79 Å². The van der Waals surface area contributed by atoms with Crippen LogP contribution in [0.2, 0.25) is 10.0 Å². The molecule has 0 saturated carbocycles. The first-order valence-corrected chi connectivity index (χ1v) is 7.04. The van der Waals surface area contributed by atoms with Crippen molar-refractivity contribution in [1.29, 1.82) is 0 Å². The highest BCUT2D eigenvalue weighted by atomic mass is 35.5. The normalized spacial score (nSPS) is 11.1. The van der Waals surface area contributed by atoms with Crippen molar-refractivity contribution in [1.82, 2.24) is 0 Å². The molecule has 0 aliphatic heterocycles. The van der Waals surface area contributed by atoms with Crippen LogP contribution in [0.4, 0.5) is 0 Å². The lowest BCUT2D eigenvalue weighted by molar-refractivity contribution is -0.114. The molecule has 0 aliphatic carbocycles. The van der Waals surface area contributed by atoms with Crippen LogP contribution in [0.3, 0.4) is 0 Å². The third-order valence-electron chi connectivity index (χ3n) is 2.62. The minimum absolute atomic E-state index is 0.155. The van der Waals surface area contributed by atoms with Crippen molar-refractivity contribution in [3.8, 4) is 0 Å². The number of halogens is 2. The number of carbonyl (C=O) groups is 1. The van der Waals surface area contributed by atoms with Gasteiger partial charge in [-0.25, -0.2) is 0 Å². The number of hydrogen-bond acceptors (Lipinski definition) is 1. The molecular formula is C15H18Cl2O. The zero-order valence-corrected chi connectivity index (χ0v) is 12.1. The van der Waals surface area contributed by atoms with Crippen LogP contribution in [0.1, 0.15) is 44.6 Å². The van der Waals surface area contributed by atoms with Gasteiger partial charge in [-0.05, 0) is 36.3 Å². The van der Waals surface area contributed by atoms with E-state index in [9.17, 15) is 4.79 Å². The molecule has 1 rings (SSSR count). The van der Waals surface area contributed by atoms with Gasteiger partial charge in [-0.15, -0.1) is 0 Å². The predicted octanol–water partition coefficient (Wildman–Crippen LogP) is 5.55. The first kappa shape index (κ1) is 15.3. The fraction of sp³-hybridized carbons (Fsp3) is 0.400. The van der Waals surface area contributed by atoms with E-state index < -0.39 is 0 Å². The second kappa shape index (κ2) is 8.34. The lowest BCUT2D eigenvalue weighted by Crippen LogP contribution is -1.92. The molecule has 98 valence electrons. The van der Waals surface area contributed by atoms with E-state index in [4.69, 9.17) is 23.2 Å². The molecule has 0 heterocycles. The molecule has 0 fully saturated rings. The monoisotopic (exact) mass is 284 g/mol. The average molecular weight is 285 g/mol. The van der Waals surface area contributed by atoms with Crippen molar-refractivity contribution in [3.63, 3.8) is 0 Å². The van der Waals surface area contributed by atoms with E-state index in [0.717, 1.165) is 18.4 Å². The van der Waals surface area contributed by atoms with E-state index in [0.29, 0.717) is 16.5 Å². The molecule has 1 aromatic rings. The van der Waals surface area contributed by atoms with Crippen molar-refractivity contribution in [2.75, 3.05) is 0 Å². The Balaban J connectivity index is 2.45. The maximum absolute atomic E-state index is 11.6. The van der Waals surface area contributed by atoms with Gasteiger partial charge < -0.3 is 0 Å². The molecule has 0 radical (unpaired) electrons. The summed E-state index contributed by atoms with van der Waals surface area (Å²) in [5.74, 6) is 0.155. The van der Waals surface area contributed by atoms with Gasteiger partial charge in [0.1, 0.15) is 0 Å². The number of carbonyl (C=O) groups excluding carboxylic acids is 1. The van der Waals surface area contributed by atoms with Gasteiger partial charge in [0, 0.05) is 16.5 Å². The SMILES string of the molecule is CCCCCCC(=O)C=Cc1cc(Cl)cc(Cl)c1. The summed E-state index contributed by atoms with van der Waals surface area (Å²) in [5, 5.41) is 1.16. The summed E-state index contributed by atoms with van der Waals surface area (Å²) in [4.78, 5) is 11.6. The quantitative estimate of drug-likeness (QED) is 0.474. The molecule has 1 aromatic carbocycles. The Morgan fingerprint density at radius 3 is 2.39 bits per heavy atom. The Hall–Kier alpha value is -0.790. The van der Waals surface area contributed by atoms with Gasteiger partial charge >= 0.3 is 0 Å². The van der Waals surface area contributed by atoms with Crippen LogP contribution in [0.15, 0.2) is 24.3 Å². The summed E-state index contributed by atoms with van der Waals surface area (Å²) in [7, 11) is 0. The molecule has 0 atom stereocenters. The van der Waals surface area contributed by atoms with Gasteiger partial charge in [0.05, 0.1) is 0 Å². The summed E-state index contributed by atoms with van der Waals surface area (Å²) < 4.78 is 0. The number of ketones is 1. The van der Waals surface area contributed by atoms with E-state index in [-0.39, 0.29) is 5.78 Å². The maximum Gasteiger partial charge on any atom is 0.155 e. The molecule has 3 heteroatoms. The summed E-state index contributed by atoms with van der Waals surface area (Å²) >= 11 is 11.8. The van der Waals surface area contributed by atoms with Gasteiger partial charge in [0.15, 0.2) is 5.78 Å². The fourth-order valence-electron chi connectivity index (χ4n) is 1.67. The van der Waals surface area contributed by atoms with Gasteiger partial charge in [-0.2, -0.15) is 0 Å². The first-order valence-electron chi connectivity index (χ1n) is 6.29. The number of rotatable bonds is 7. The van der Waals surface area contributed by atoms with Gasteiger partial charge in [0.2, 0.25) is 0 Å². The zero-order valence-electron chi connectivity index (χ0n) is 10.6. The summed E-state index contributed by atoms with van der Waals surface area (Å²) in [6.07, 6.45) is 8.46. The van der Waals surface area contributed by atoms with Crippen molar-refractivity contribution in [3.05, 3.63) is 39.9 Å². The highest BCUT2D eigenvalue weighted by Gasteiger charge is 1.98. The van der Waals surface area contributed by atoms with E-state index in [1.54, 1.807) is 30.4 Å². The van der Waals surface area contributed by atoms with Gasteiger partial charge in [0.25, 0.3) is 0 Å². The van der Waals surface area contributed by atoms with Crippen molar-refractivity contribution >= 4 is 35.1 Å². The number of unbranched alkanes of at least 4 members (excludes halogenated alkanes) is 3. The minimum Gasteiger partial charge on any atom is -0.295 e. The van der Waals surface area contributed by atoms with Crippen LogP contribution >= 0.6 is 23.2 Å². The minimum atomic E-state index is 0.155. The lowest BCUT2D eigenvalue weighted by atomic mass is 10.1. The number of allylic oxidation sites excluding steroid dienone is 1. The van der Waals surface area contributed by atoms with Crippen molar-refractivity contribution < 1.29 is 4.79 Å². The van der Waals surface area contributed by atoms with E-state index in [1.165, 1.54) is 12.8 Å². The van der Waals surface area contributed by atoms with Gasteiger partial charge in [-0.3, -0.25) is 4.79 Å². The Morgan fingerprint density at radius 1 is 1.11 bits per heavy atom. The third-order valence-corrected chi connectivity index (χ3v) is 3.06. The summed E-state index contributed by atoms with van der Waals surface area (Å²) in [6, 6.07) is 5.25. The predicted molar refractivity (Wildman–Crippen MR) is 79.3 cm³/mol. The largest absolute Gasteiger partial charge is 0.295 e. The summed E-state index contributed by atoms with van der Waals surface area (Å²) in [5.41, 5.74) is 0.856. The molecule has 0 aliphatic rings. The standard InChI is InChI=1S/C15H18Cl2O/c1-2-3-4-5-6-15(18)8-7-12-9-13(16)11-14(17)10-12/h7-11H,2-6H2,1H3. The molecule has 0 aromatic heterocycles. The second-order valence-corrected chi connectivity index (χ2v) is 5.19. The van der Waals surface area contributed by atoms with Crippen molar-refractivity contribution in [2.45, 2.75) is 39.0 Å². The van der Waals surface area contributed by atoms with Crippen LogP contribution in [0.25, 0.3) is 6.08 Å². The molecule has 18 heavy (non-hydrogen) atoms. The molecule has 0 amide bonds. The lowest BCUT2D eigenvalue weighted by Gasteiger charge is -1.98. The highest BCUT2D eigenvalue weighted by Crippen LogP contribution is 2.20. The Bertz CT molecular complexity index is 404. The molecule has 1 nitrogen and oxygen atoms in total. The third kappa shape index (κ3) is 6.23. The number of hydrogen-bond donors (Lipinski definition) is 0. The molecule has 0 saturated heterocycles. The van der Waals surface area contributed by atoms with E-state index in [1.807, 2.05) is 0 Å².